The van der Waals surface area contributed by atoms with Crippen LogP contribution in [0.4, 0.5) is 4.79 Å². The number of carbonyl (C=O) groups excluding carboxylic acids is 2. The van der Waals surface area contributed by atoms with Gasteiger partial charge in [-0.05, 0) is 13.3 Å². The lowest BCUT2D eigenvalue weighted by molar-refractivity contribution is -0.140. The Kier molecular flexibility index (Phi) is 6.53. The molecule has 1 unspecified atom stereocenters. The zero-order valence-electron chi connectivity index (χ0n) is 8.74. The molecule has 0 saturated carbocycles. The molecule has 14 heavy (non-hydrogen) atoms. The first-order valence-electron chi connectivity index (χ1n) is 4.53. The number of carbonyl (C=O) groups is 2. The van der Waals surface area contributed by atoms with Crippen LogP contribution in [0.5, 0.6) is 0 Å². The molecule has 1 fully saturated rings. The highest BCUT2D eigenvalue weighted by molar-refractivity contribution is 5.65. The molecule has 1 aliphatic heterocycles. The van der Waals surface area contributed by atoms with Crippen molar-refractivity contribution < 1.29 is 23.8 Å². The van der Waals surface area contributed by atoms with Crippen molar-refractivity contribution in [2.45, 2.75) is 33.3 Å². The largest absolute Gasteiger partial charge is 0.508 e. The van der Waals surface area contributed by atoms with Gasteiger partial charge < -0.3 is 14.2 Å². The van der Waals surface area contributed by atoms with E-state index in [1.165, 1.54) is 6.92 Å². The van der Waals surface area contributed by atoms with Gasteiger partial charge in [0.25, 0.3) is 0 Å². The Morgan fingerprint density at radius 3 is 2.43 bits per heavy atom. The fourth-order valence-electron chi connectivity index (χ4n) is 0.663. The van der Waals surface area contributed by atoms with Crippen molar-refractivity contribution in [3.63, 3.8) is 0 Å². The number of ether oxygens (including phenoxy) is 3. The van der Waals surface area contributed by atoms with Gasteiger partial charge in [-0.3, -0.25) is 4.79 Å². The quantitative estimate of drug-likeness (QED) is 0.638. The molecular formula is C9H16O5. The van der Waals surface area contributed by atoms with E-state index in [2.05, 4.69) is 14.2 Å². The summed E-state index contributed by atoms with van der Waals surface area (Å²) in [5.74, 6) is -0.193. The van der Waals surface area contributed by atoms with E-state index >= 15 is 0 Å². The fraction of sp³-hybridized carbons (Fsp3) is 0.778. The molecule has 0 aromatic rings. The normalized spacial score (nSPS) is 18.8. The SMILES string of the molecule is CC1COC(=O)O1.CCCOC(C)=O. The van der Waals surface area contributed by atoms with Gasteiger partial charge in [0, 0.05) is 6.92 Å². The van der Waals surface area contributed by atoms with Gasteiger partial charge in [-0.25, -0.2) is 4.79 Å². The van der Waals surface area contributed by atoms with Gasteiger partial charge in [0.05, 0.1) is 6.61 Å². The first-order valence-corrected chi connectivity index (χ1v) is 4.53. The summed E-state index contributed by atoms with van der Waals surface area (Å²) in [5, 5.41) is 0. The number of hydrogen-bond acceptors (Lipinski definition) is 5. The average Bonchev–Trinajstić information content (AvgIpc) is 2.47. The van der Waals surface area contributed by atoms with E-state index in [4.69, 9.17) is 0 Å². The summed E-state index contributed by atoms with van der Waals surface area (Å²) in [7, 11) is 0. The summed E-state index contributed by atoms with van der Waals surface area (Å²) in [6.07, 6.45) is 0.305. The van der Waals surface area contributed by atoms with Gasteiger partial charge in [-0.15, -0.1) is 0 Å². The Morgan fingerprint density at radius 2 is 2.29 bits per heavy atom. The van der Waals surface area contributed by atoms with Crippen LogP contribution in [0, 0.1) is 0 Å². The van der Waals surface area contributed by atoms with Crippen molar-refractivity contribution in [3.05, 3.63) is 0 Å². The third-order valence-corrected chi connectivity index (χ3v) is 1.24. The van der Waals surface area contributed by atoms with E-state index in [0.717, 1.165) is 6.42 Å². The Morgan fingerprint density at radius 1 is 1.64 bits per heavy atom. The molecule has 1 aliphatic rings. The van der Waals surface area contributed by atoms with Crippen LogP contribution < -0.4 is 0 Å². The highest BCUT2D eigenvalue weighted by Crippen LogP contribution is 2.02. The molecule has 1 heterocycles. The van der Waals surface area contributed by atoms with Gasteiger partial charge >= 0.3 is 12.1 Å². The highest BCUT2D eigenvalue weighted by atomic mass is 16.8. The number of cyclic esters (lactones) is 2. The first kappa shape index (κ1) is 12.7. The van der Waals surface area contributed by atoms with E-state index in [1.807, 2.05) is 6.92 Å². The molecule has 5 nitrogen and oxygen atoms in total. The summed E-state index contributed by atoms with van der Waals surface area (Å²) in [6, 6.07) is 0. The monoisotopic (exact) mass is 204 g/mol. The van der Waals surface area contributed by atoms with Crippen LogP contribution in [-0.4, -0.2) is 31.4 Å². The van der Waals surface area contributed by atoms with Gasteiger partial charge in [0.15, 0.2) is 0 Å². The van der Waals surface area contributed by atoms with Crippen LogP contribution >= 0.6 is 0 Å². The Labute approximate surface area is 83.3 Å². The van der Waals surface area contributed by atoms with Crippen LogP contribution in [0.2, 0.25) is 0 Å². The Bertz CT molecular complexity index is 190. The third kappa shape index (κ3) is 7.39. The minimum absolute atomic E-state index is 0.0486. The molecule has 0 spiro atoms. The van der Waals surface area contributed by atoms with Gasteiger partial charge in [-0.1, -0.05) is 6.92 Å². The molecule has 1 rings (SSSR count). The standard InChI is InChI=1S/C5H10O2.C4H6O3/c1-3-4-7-5(2)6;1-3-2-6-4(5)7-3/h3-4H2,1-2H3;3H,2H2,1H3. The smallest absolute Gasteiger partial charge is 0.466 e. The van der Waals surface area contributed by atoms with Crippen molar-refractivity contribution in [1.82, 2.24) is 0 Å². The van der Waals surface area contributed by atoms with Crippen LogP contribution in [0.1, 0.15) is 27.2 Å². The second-order valence-electron chi connectivity index (χ2n) is 2.83. The lowest BCUT2D eigenvalue weighted by Gasteiger charge is -1.93. The van der Waals surface area contributed by atoms with E-state index in [9.17, 15) is 9.59 Å². The number of rotatable bonds is 2. The molecule has 0 amide bonds. The highest BCUT2D eigenvalue weighted by Gasteiger charge is 2.19. The second kappa shape index (κ2) is 7.17. The van der Waals surface area contributed by atoms with Crippen molar-refractivity contribution in [3.8, 4) is 0 Å². The summed E-state index contributed by atoms with van der Waals surface area (Å²) in [6.45, 7) is 6.11. The predicted octanol–water partition coefficient (Wildman–Crippen LogP) is 1.50. The Balaban J connectivity index is 0.000000241. The minimum atomic E-state index is -0.549. The maximum absolute atomic E-state index is 10.0. The lowest BCUT2D eigenvalue weighted by atomic mass is 10.5. The molecular weight excluding hydrogens is 188 g/mol. The molecule has 1 atom stereocenters. The number of hydrogen-bond donors (Lipinski definition) is 0. The van der Waals surface area contributed by atoms with Gasteiger partial charge in [0.2, 0.25) is 0 Å². The van der Waals surface area contributed by atoms with Crippen molar-refractivity contribution in [2.24, 2.45) is 0 Å². The lowest BCUT2D eigenvalue weighted by Crippen LogP contribution is -2.01. The Hall–Kier alpha value is -1.26. The van der Waals surface area contributed by atoms with Gasteiger partial charge in [-0.2, -0.15) is 0 Å². The third-order valence-electron chi connectivity index (χ3n) is 1.24. The maximum atomic E-state index is 10.0. The summed E-state index contributed by atoms with van der Waals surface area (Å²) in [4.78, 5) is 20.0. The van der Waals surface area contributed by atoms with Crippen LogP contribution in [0.15, 0.2) is 0 Å². The molecule has 1 saturated heterocycles. The molecule has 0 aliphatic carbocycles. The number of esters is 1. The molecule has 0 radical (unpaired) electrons. The second-order valence-corrected chi connectivity index (χ2v) is 2.83. The summed E-state index contributed by atoms with van der Waals surface area (Å²) >= 11 is 0. The summed E-state index contributed by atoms with van der Waals surface area (Å²) < 4.78 is 13.5. The van der Waals surface area contributed by atoms with Crippen LogP contribution in [-0.2, 0) is 19.0 Å². The molecule has 5 heteroatoms. The van der Waals surface area contributed by atoms with Crippen molar-refractivity contribution in [1.29, 1.82) is 0 Å². The predicted molar refractivity (Wildman–Crippen MR) is 48.8 cm³/mol. The topological polar surface area (TPSA) is 61.8 Å². The van der Waals surface area contributed by atoms with Crippen LogP contribution in [0.25, 0.3) is 0 Å². The van der Waals surface area contributed by atoms with E-state index < -0.39 is 6.16 Å². The maximum Gasteiger partial charge on any atom is 0.508 e. The zero-order valence-corrected chi connectivity index (χ0v) is 8.74. The molecule has 0 N–H and O–H groups in total. The van der Waals surface area contributed by atoms with E-state index in [-0.39, 0.29) is 12.1 Å². The zero-order chi connectivity index (χ0) is 11.0. The fourth-order valence-corrected chi connectivity index (χ4v) is 0.663. The molecule has 0 aromatic heterocycles. The average molecular weight is 204 g/mol. The van der Waals surface area contributed by atoms with E-state index in [0.29, 0.717) is 13.2 Å². The molecule has 82 valence electrons. The molecule has 0 aromatic carbocycles. The van der Waals surface area contributed by atoms with Crippen molar-refractivity contribution >= 4 is 12.1 Å². The van der Waals surface area contributed by atoms with Crippen LogP contribution in [0.3, 0.4) is 0 Å². The van der Waals surface area contributed by atoms with Crippen molar-refractivity contribution in [2.75, 3.05) is 13.2 Å². The van der Waals surface area contributed by atoms with Gasteiger partial charge in [0.1, 0.15) is 12.7 Å². The first-order chi connectivity index (χ1) is 6.56. The molecule has 0 bridgehead atoms. The van der Waals surface area contributed by atoms with E-state index in [1.54, 1.807) is 6.92 Å². The summed E-state index contributed by atoms with van der Waals surface area (Å²) in [5.41, 5.74) is 0. The minimum Gasteiger partial charge on any atom is -0.466 e.